The van der Waals surface area contributed by atoms with Crippen LogP contribution in [0.1, 0.15) is 24.6 Å². The first kappa shape index (κ1) is 17.9. The van der Waals surface area contributed by atoms with Gasteiger partial charge < -0.3 is 5.32 Å². The molecule has 2 rings (SSSR count). The fourth-order valence-electron chi connectivity index (χ4n) is 2.49. The second kappa shape index (κ2) is 8.34. The fraction of sp³-hybridized carbons (Fsp3) is 0.692. The van der Waals surface area contributed by atoms with Crippen LogP contribution >= 0.6 is 23.7 Å². The van der Waals surface area contributed by atoms with Crippen molar-refractivity contribution in [2.24, 2.45) is 0 Å². The highest BCUT2D eigenvalue weighted by Crippen LogP contribution is 2.17. The van der Waals surface area contributed by atoms with E-state index < -0.39 is 10.0 Å². The van der Waals surface area contributed by atoms with Gasteiger partial charge in [-0.3, -0.25) is 0 Å². The standard InChI is InChI=1S/C13H22N2O2S2.ClH/c1-2-4-12-11-14-7-8-15(12)19(16,17)10-6-13-5-3-9-18-13;/h3,5,9,12,14H,2,4,6-8,10-11H2,1H3;1H. The lowest BCUT2D eigenvalue weighted by molar-refractivity contribution is 0.254. The van der Waals surface area contributed by atoms with Gasteiger partial charge in [0.25, 0.3) is 0 Å². The summed E-state index contributed by atoms with van der Waals surface area (Å²) in [4.78, 5) is 1.14. The van der Waals surface area contributed by atoms with Crippen molar-refractivity contribution >= 4 is 33.8 Å². The zero-order valence-corrected chi connectivity index (χ0v) is 14.2. The van der Waals surface area contributed by atoms with E-state index in [9.17, 15) is 8.42 Å². The van der Waals surface area contributed by atoms with Crippen molar-refractivity contribution in [3.63, 3.8) is 0 Å². The van der Waals surface area contributed by atoms with E-state index in [0.717, 1.165) is 30.8 Å². The summed E-state index contributed by atoms with van der Waals surface area (Å²) < 4.78 is 26.7. The molecule has 1 saturated heterocycles. The predicted molar refractivity (Wildman–Crippen MR) is 87.3 cm³/mol. The normalized spacial score (nSPS) is 20.6. The van der Waals surface area contributed by atoms with Crippen LogP contribution in [0.15, 0.2) is 17.5 Å². The van der Waals surface area contributed by atoms with E-state index in [1.54, 1.807) is 15.6 Å². The minimum Gasteiger partial charge on any atom is -0.314 e. The van der Waals surface area contributed by atoms with Crippen LogP contribution in [0.2, 0.25) is 0 Å². The lowest BCUT2D eigenvalue weighted by atomic mass is 10.1. The monoisotopic (exact) mass is 338 g/mol. The molecule has 4 nitrogen and oxygen atoms in total. The number of hydrogen-bond acceptors (Lipinski definition) is 4. The zero-order chi connectivity index (χ0) is 13.7. The summed E-state index contributed by atoms with van der Waals surface area (Å²) in [7, 11) is -3.13. The van der Waals surface area contributed by atoms with E-state index in [4.69, 9.17) is 0 Å². The molecule has 0 bridgehead atoms. The highest BCUT2D eigenvalue weighted by Gasteiger charge is 2.31. The van der Waals surface area contributed by atoms with Crippen molar-refractivity contribution in [2.75, 3.05) is 25.4 Å². The minimum absolute atomic E-state index is 0. The van der Waals surface area contributed by atoms with Crippen LogP contribution in [0, 0.1) is 0 Å². The number of nitrogens with zero attached hydrogens (tertiary/aromatic N) is 1. The fourth-order valence-corrected chi connectivity index (χ4v) is 5.04. The first-order valence-corrected chi connectivity index (χ1v) is 9.35. The topological polar surface area (TPSA) is 49.4 Å². The summed E-state index contributed by atoms with van der Waals surface area (Å²) in [5.74, 6) is 0.230. The van der Waals surface area contributed by atoms with Gasteiger partial charge in [-0.25, -0.2) is 8.42 Å². The molecule has 0 radical (unpaired) electrons. The molecule has 0 spiro atoms. The van der Waals surface area contributed by atoms with Crippen molar-refractivity contribution in [2.45, 2.75) is 32.2 Å². The summed E-state index contributed by atoms with van der Waals surface area (Å²) in [6.07, 6.45) is 2.58. The molecule has 1 N–H and O–H groups in total. The number of sulfonamides is 1. The zero-order valence-electron chi connectivity index (χ0n) is 11.7. The van der Waals surface area contributed by atoms with Gasteiger partial charge in [-0.2, -0.15) is 4.31 Å². The molecule has 20 heavy (non-hydrogen) atoms. The number of nitrogens with one attached hydrogen (secondary N) is 1. The molecule has 1 aromatic rings. The van der Waals surface area contributed by atoms with Crippen LogP contribution in [0.4, 0.5) is 0 Å². The van der Waals surface area contributed by atoms with Crippen molar-refractivity contribution in [1.82, 2.24) is 9.62 Å². The Hall–Kier alpha value is -0.140. The van der Waals surface area contributed by atoms with Gasteiger partial charge in [-0.05, 0) is 24.3 Å². The molecular formula is C13H23ClN2O2S2. The van der Waals surface area contributed by atoms with Crippen molar-refractivity contribution < 1.29 is 8.42 Å². The third-order valence-corrected chi connectivity index (χ3v) is 6.31. The Labute approximate surface area is 132 Å². The van der Waals surface area contributed by atoms with Gasteiger partial charge in [0.05, 0.1) is 5.75 Å². The van der Waals surface area contributed by atoms with Crippen molar-refractivity contribution in [3.05, 3.63) is 22.4 Å². The molecule has 1 aromatic heterocycles. The molecule has 116 valence electrons. The Kier molecular flexibility index (Phi) is 7.47. The molecule has 7 heteroatoms. The molecule has 0 aliphatic carbocycles. The predicted octanol–water partition coefficient (Wildman–Crippen LogP) is 2.12. The van der Waals surface area contributed by atoms with Gasteiger partial charge in [-0.15, -0.1) is 23.7 Å². The average Bonchev–Trinajstić information content (AvgIpc) is 2.91. The summed E-state index contributed by atoms with van der Waals surface area (Å²) in [5.41, 5.74) is 0. The Balaban J connectivity index is 0.00000200. The molecule has 1 fully saturated rings. The average molecular weight is 339 g/mol. The van der Waals surface area contributed by atoms with E-state index in [1.807, 2.05) is 17.5 Å². The van der Waals surface area contributed by atoms with Crippen molar-refractivity contribution in [1.29, 1.82) is 0 Å². The van der Waals surface area contributed by atoms with Crippen LogP contribution in [-0.4, -0.2) is 44.2 Å². The molecule has 0 aromatic carbocycles. The van der Waals surface area contributed by atoms with Gasteiger partial charge in [0.15, 0.2) is 0 Å². The summed E-state index contributed by atoms with van der Waals surface area (Å²) in [5, 5.41) is 5.28. The van der Waals surface area contributed by atoms with Gasteiger partial charge in [0.1, 0.15) is 0 Å². The molecule has 1 aliphatic rings. The number of halogens is 1. The molecule has 0 saturated carbocycles. The van der Waals surface area contributed by atoms with Crippen LogP contribution < -0.4 is 5.32 Å². The minimum atomic E-state index is -3.13. The third-order valence-electron chi connectivity index (χ3n) is 3.46. The number of hydrogen-bond donors (Lipinski definition) is 1. The third kappa shape index (κ3) is 4.70. The Morgan fingerprint density at radius 1 is 1.50 bits per heavy atom. The first-order chi connectivity index (χ1) is 9.13. The highest BCUT2D eigenvalue weighted by atomic mass is 35.5. The van der Waals surface area contributed by atoms with E-state index in [1.165, 1.54) is 0 Å². The van der Waals surface area contributed by atoms with Crippen LogP contribution in [0.5, 0.6) is 0 Å². The number of rotatable bonds is 6. The maximum absolute atomic E-state index is 12.5. The smallest absolute Gasteiger partial charge is 0.214 e. The maximum Gasteiger partial charge on any atom is 0.214 e. The molecule has 1 atom stereocenters. The quantitative estimate of drug-likeness (QED) is 0.864. The van der Waals surface area contributed by atoms with Crippen molar-refractivity contribution in [3.8, 4) is 0 Å². The summed E-state index contributed by atoms with van der Waals surface area (Å²) in [6.45, 7) is 4.26. The largest absolute Gasteiger partial charge is 0.314 e. The second-order valence-corrected chi connectivity index (χ2v) is 7.98. The molecule has 1 aliphatic heterocycles. The number of aryl methyl sites for hydroxylation is 1. The Bertz CT molecular complexity index is 475. The lowest BCUT2D eigenvalue weighted by Crippen LogP contribution is -2.54. The molecular weight excluding hydrogens is 316 g/mol. The Morgan fingerprint density at radius 2 is 2.30 bits per heavy atom. The van der Waals surface area contributed by atoms with Crippen LogP contribution in [0.3, 0.4) is 0 Å². The van der Waals surface area contributed by atoms with Gasteiger partial charge in [0, 0.05) is 30.6 Å². The van der Waals surface area contributed by atoms with E-state index in [2.05, 4.69) is 12.2 Å². The van der Waals surface area contributed by atoms with Gasteiger partial charge in [0.2, 0.25) is 10.0 Å². The summed E-state index contributed by atoms with van der Waals surface area (Å²) >= 11 is 1.63. The lowest BCUT2D eigenvalue weighted by Gasteiger charge is -2.35. The first-order valence-electron chi connectivity index (χ1n) is 6.86. The second-order valence-electron chi connectivity index (χ2n) is 4.90. The highest BCUT2D eigenvalue weighted by molar-refractivity contribution is 7.89. The van der Waals surface area contributed by atoms with Crippen LogP contribution in [0.25, 0.3) is 0 Å². The molecule has 0 amide bonds. The molecule has 1 unspecified atom stereocenters. The number of thiophene rings is 1. The molecule has 2 heterocycles. The van der Waals surface area contributed by atoms with E-state index in [0.29, 0.717) is 13.0 Å². The van der Waals surface area contributed by atoms with E-state index in [-0.39, 0.29) is 24.2 Å². The Morgan fingerprint density at radius 3 is 2.95 bits per heavy atom. The van der Waals surface area contributed by atoms with Crippen LogP contribution in [-0.2, 0) is 16.4 Å². The number of piperazine rings is 1. The van der Waals surface area contributed by atoms with Gasteiger partial charge in [-0.1, -0.05) is 19.4 Å². The van der Waals surface area contributed by atoms with Gasteiger partial charge >= 0.3 is 0 Å². The summed E-state index contributed by atoms with van der Waals surface area (Å²) in [6, 6.07) is 4.10. The SMILES string of the molecule is CCCC1CNCCN1S(=O)(=O)CCc1cccs1.Cl. The maximum atomic E-state index is 12.5. The van der Waals surface area contributed by atoms with E-state index >= 15 is 0 Å².